The lowest BCUT2D eigenvalue weighted by molar-refractivity contribution is 0.0625. The number of rotatable bonds is 3. The van der Waals surface area contributed by atoms with E-state index < -0.39 is 6.09 Å². The Balaban J connectivity index is 1.42. The van der Waals surface area contributed by atoms with Crippen LogP contribution in [0.5, 0.6) is 0 Å². The van der Waals surface area contributed by atoms with Crippen LogP contribution in [-0.4, -0.2) is 63.3 Å². The van der Waals surface area contributed by atoms with Gasteiger partial charge in [-0.05, 0) is 29.8 Å². The highest BCUT2D eigenvalue weighted by Crippen LogP contribution is 2.18. The van der Waals surface area contributed by atoms with Crippen LogP contribution in [0.15, 0.2) is 48.5 Å². The monoisotopic (exact) mass is 376 g/mol. The van der Waals surface area contributed by atoms with Crippen LogP contribution < -0.4 is 0 Å². The lowest BCUT2D eigenvalue weighted by Gasteiger charge is -2.33. The molecule has 0 bridgehead atoms. The van der Waals surface area contributed by atoms with E-state index in [1.54, 1.807) is 17.0 Å². The average molecular weight is 376 g/mol. The van der Waals surface area contributed by atoms with E-state index in [0.717, 1.165) is 22.2 Å². The summed E-state index contributed by atoms with van der Waals surface area (Å²) in [5, 5.41) is 17.4. The van der Waals surface area contributed by atoms with Crippen molar-refractivity contribution < 1.29 is 14.7 Å². The predicted octanol–water partition coefficient (Wildman–Crippen LogP) is 3.17. The molecule has 2 amide bonds. The van der Waals surface area contributed by atoms with Crippen LogP contribution >= 0.6 is 0 Å². The molecule has 7 heteroatoms. The highest BCUT2D eigenvalue weighted by atomic mass is 16.4. The van der Waals surface area contributed by atoms with Gasteiger partial charge in [0.15, 0.2) is 0 Å². The summed E-state index contributed by atoms with van der Waals surface area (Å²) in [6.07, 6.45) is 2.97. The molecule has 2 aromatic carbocycles. The zero-order valence-corrected chi connectivity index (χ0v) is 15.2. The number of hydrogen-bond acceptors (Lipinski definition) is 3. The van der Waals surface area contributed by atoms with Gasteiger partial charge >= 0.3 is 6.09 Å². The van der Waals surface area contributed by atoms with Crippen LogP contribution in [0.25, 0.3) is 23.1 Å². The van der Waals surface area contributed by atoms with Crippen LogP contribution in [0.2, 0.25) is 0 Å². The van der Waals surface area contributed by atoms with Crippen LogP contribution in [0.1, 0.15) is 21.6 Å². The van der Waals surface area contributed by atoms with Gasteiger partial charge in [-0.15, -0.1) is 0 Å². The molecule has 1 aliphatic rings. The third-order valence-electron chi connectivity index (χ3n) is 4.93. The minimum atomic E-state index is -0.937. The normalized spacial score (nSPS) is 14.7. The lowest BCUT2D eigenvalue weighted by Crippen LogP contribution is -2.50. The van der Waals surface area contributed by atoms with Crippen molar-refractivity contribution in [2.45, 2.75) is 0 Å². The topological polar surface area (TPSA) is 89.5 Å². The SMILES string of the molecule is O=C(O)N1CCN(C(=O)c2ccc(C=Cc3n[nH]c4ccccc34)cc2)CC1. The van der Waals surface area contributed by atoms with Crippen LogP contribution in [0.3, 0.4) is 0 Å². The Kier molecular flexibility index (Phi) is 4.80. The Labute approximate surface area is 161 Å². The number of carboxylic acid groups (broad SMARTS) is 1. The summed E-state index contributed by atoms with van der Waals surface area (Å²) in [5.74, 6) is -0.0705. The molecule has 0 atom stereocenters. The van der Waals surface area contributed by atoms with Gasteiger partial charge in [-0.3, -0.25) is 9.89 Å². The number of aromatic nitrogens is 2. The molecular formula is C21H20N4O3. The summed E-state index contributed by atoms with van der Waals surface area (Å²) in [5.41, 5.74) is 3.43. The van der Waals surface area contributed by atoms with Crippen LogP contribution in [0, 0.1) is 0 Å². The van der Waals surface area contributed by atoms with Gasteiger partial charge < -0.3 is 14.9 Å². The smallest absolute Gasteiger partial charge is 0.407 e. The number of aromatic amines is 1. The van der Waals surface area contributed by atoms with E-state index in [1.807, 2.05) is 48.6 Å². The Morgan fingerprint density at radius 3 is 2.32 bits per heavy atom. The summed E-state index contributed by atoms with van der Waals surface area (Å²) < 4.78 is 0. The first-order valence-electron chi connectivity index (χ1n) is 9.10. The van der Waals surface area contributed by atoms with E-state index in [0.29, 0.717) is 31.7 Å². The molecule has 1 aromatic heterocycles. The van der Waals surface area contributed by atoms with Gasteiger partial charge in [0.1, 0.15) is 0 Å². The van der Waals surface area contributed by atoms with Gasteiger partial charge in [0.05, 0.1) is 11.2 Å². The summed E-state index contributed by atoms with van der Waals surface area (Å²) in [6.45, 7) is 1.52. The van der Waals surface area contributed by atoms with Crippen molar-refractivity contribution >= 4 is 35.1 Å². The average Bonchev–Trinajstić information content (AvgIpc) is 3.15. The van der Waals surface area contributed by atoms with Crippen molar-refractivity contribution in [2.75, 3.05) is 26.2 Å². The second-order valence-corrected chi connectivity index (χ2v) is 6.67. The summed E-state index contributed by atoms with van der Waals surface area (Å²) in [4.78, 5) is 26.6. The minimum absolute atomic E-state index is 0.0705. The minimum Gasteiger partial charge on any atom is -0.465 e. The molecule has 2 N–H and O–H groups in total. The Hall–Kier alpha value is -3.61. The fraction of sp³-hybridized carbons (Fsp3) is 0.190. The summed E-state index contributed by atoms with van der Waals surface area (Å²) in [7, 11) is 0. The molecule has 0 aliphatic carbocycles. The standard InChI is InChI=1S/C21H20N4O3/c26-20(24-11-13-25(14-12-24)21(27)28)16-8-5-15(6-9-16)7-10-19-17-3-1-2-4-18(17)22-23-19/h1-10H,11-14H2,(H,22,23)(H,27,28). The van der Waals surface area contributed by atoms with Crippen LogP contribution in [0.4, 0.5) is 4.79 Å². The molecule has 3 aromatic rings. The maximum Gasteiger partial charge on any atom is 0.407 e. The number of amides is 2. The number of nitrogens with zero attached hydrogens (tertiary/aromatic N) is 3. The highest BCUT2D eigenvalue weighted by Gasteiger charge is 2.24. The molecular weight excluding hydrogens is 356 g/mol. The molecule has 0 spiro atoms. The first-order chi connectivity index (χ1) is 13.6. The van der Waals surface area contributed by atoms with Crippen LogP contribution in [-0.2, 0) is 0 Å². The molecule has 1 fully saturated rings. The number of para-hydroxylation sites is 1. The van der Waals surface area contributed by atoms with Crippen molar-refractivity contribution in [3.8, 4) is 0 Å². The predicted molar refractivity (Wildman–Crippen MR) is 107 cm³/mol. The first-order valence-corrected chi connectivity index (χ1v) is 9.10. The molecule has 2 heterocycles. The summed E-state index contributed by atoms with van der Waals surface area (Å²) >= 11 is 0. The molecule has 4 rings (SSSR count). The zero-order chi connectivity index (χ0) is 19.5. The first kappa shape index (κ1) is 17.8. The molecule has 0 unspecified atom stereocenters. The van der Waals surface area contributed by atoms with Gasteiger partial charge in [-0.25, -0.2) is 4.79 Å². The van der Waals surface area contributed by atoms with E-state index in [4.69, 9.17) is 5.11 Å². The Morgan fingerprint density at radius 2 is 1.61 bits per heavy atom. The van der Waals surface area contributed by atoms with Crippen molar-refractivity contribution in [1.82, 2.24) is 20.0 Å². The summed E-state index contributed by atoms with van der Waals surface area (Å²) in [6, 6.07) is 15.3. The van der Waals surface area contributed by atoms with Gasteiger partial charge in [0.2, 0.25) is 0 Å². The van der Waals surface area contributed by atoms with Gasteiger partial charge in [-0.1, -0.05) is 36.4 Å². The molecule has 28 heavy (non-hydrogen) atoms. The van der Waals surface area contributed by atoms with Crippen molar-refractivity contribution in [2.24, 2.45) is 0 Å². The molecule has 0 saturated carbocycles. The number of carbonyl (C=O) groups excluding carboxylic acids is 1. The highest BCUT2D eigenvalue weighted by molar-refractivity contribution is 5.95. The third-order valence-corrected chi connectivity index (χ3v) is 4.93. The Bertz CT molecular complexity index is 1030. The molecule has 1 aliphatic heterocycles. The maximum atomic E-state index is 12.6. The largest absolute Gasteiger partial charge is 0.465 e. The van der Waals surface area contributed by atoms with E-state index in [1.165, 1.54) is 4.90 Å². The fourth-order valence-electron chi connectivity index (χ4n) is 3.31. The van der Waals surface area contributed by atoms with E-state index in [2.05, 4.69) is 10.2 Å². The van der Waals surface area contributed by atoms with Crippen molar-refractivity contribution in [3.05, 3.63) is 65.4 Å². The molecule has 1 saturated heterocycles. The second-order valence-electron chi connectivity index (χ2n) is 6.67. The number of nitrogens with one attached hydrogen (secondary N) is 1. The van der Waals surface area contributed by atoms with Gasteiger partial charge in [-0.2, -0.15) is 5.10 Å². The molecule has 142 valence electrons. The number of benzene rings is 2. The third kappa shape index (κ3) is 3.59. The van der Waals surface area contributed by atoms with Gasteiger partial charge in [0.25, 0.3) is 5.91 Å². The zero-order valence-electron chi connectivity index (χ0n) is 15.2. The van der Waals surface area contributed by atoms with Crippen molar-refractivity contribution in [1.29, 1.82) is 0 Å². The number of piperazine rings is 1. The van der Waals surface area contributed by atoms with E-state index >= 15 is 0 Å². The fourth-order valence-corrected chi connectivity index (χ4v) is 3.31. The van der Waals surface area contributed by atoms with E-state index in [9.17, 15) is 9.59 Å². The maximum absolute atomic E-state index is 12.6. The number of hydrogen-bond donors (Lipinski definition) is 2. The number of fused-ring (bicyclic) bond motifs is 1. The number of carbonyl (C=O) groups is 2. The Morgan fingerprint density at radius 1 is 0.929 bits per heavy atom. The lowest BCUT2D eigenvalue weighted by atomic mass is 10.1. The molecule has 7 nitrogen and oxygen atoms in total. The van der Waals surface area contributed by atoms with E-state index in [-0.39, 0.29) is 5.91 Å². The molecule has 0 radical (unpaired) electrons. The number of H-pyrrole nitrogens is 1. The van der Waals surface area contributed by atoms with Gasteiger partial charge in [0, 0.05) is 37.1 Å². The quantitative estimate of drug-likeness (QED) is 0.735. The van der Waals surface area contributed by atoms with Crippen molar-refractivity contribution in [3.63, 3.8) is 0 Å². The second kappa shape index (κ2) is 7.56.